The lowest BCUT2D eigenvalue weighted by atomic mass is 9.33. The van der Waals surface area contributed by atoms with E-state index in [1.54, 1.807) is 0 Å². The molecule has 10 heteroatoms. The largest absolute Gasteiger partial charge is 0.519 e. The van der Waals surface area contributed by atoms with E-state index in [2.05, 4.69) is 41.5 Å². The van der Waals surface area contributed by atoms with Crippen LogP contribution in [0.25, 0.3) is 0 Å². The van der Waals surface area contributed by atoms with E-state index in [0.717, 1.165) is 38.5 Å². The van der Waals surface area contributed by atoms with E-state index in [-0.39, 0.29) is 81.5 Å². The Hall–Kier alpha value is -2.72. The van der Waals surface area contributed by atoms with Crippen LogP contribution in [0.1, 0.15) is 118 Å². The number of carboxylic acid groups (broad SMARTS) is 1. The fourth-order valence-electron chi connectivity index (χ4n) is 11.6. The standard InChI is InChI=1S/C37H52O10/c1-32(2)26-8-11-37(7)29(23(39)16-21-22-17-34(4,30(41)42)13-12-33(22,3)14-15-36(21,37)6)35(26,5)10-9-27(32)44-20-28(40)45-19-25-24(18-38)46-31(43)47-25/h16,22,26-27,29,38H,8-15,17-20H2,1-7H3,(H,41,42)/t22-,26-,27-,29+,33+,34-,35-,36+,37+/m0/s1. The summed E-state index contributed by atoms with van der Waals surface area (Å²) in [4.78, 5) is 50.9. The molecule has 5 aliphatic rings. The third-order valence-electron chi connectivity index (χ3n) is 14.7. The van der Waals surface area contributed by atoms with Crippen LogP contribution in [0.5, 0.6) is 0 Å². The van der Waals surface area contributed by atoms with Crippen LogP contribution < -0.4 is 5.82 Å². The summed E-state index contributed by atoms with van der Waals surface area (Å²) in [5, 5.41) is 19.5. The number of ketones is 1. The van der Waals surface area contributed by atoms with Gasteiger partial charge in [-0.15, -0.1) is 0 Å². The Balaban J connectivity index is 1.21. The van der Waals surface area contributed by atoms with Gasteiger partial charge in [-0.3, -0.25) is 9.59 Å². The summed E-state index contributed by atoms with van der Waals surface area (Å²) in [6.45, 7) is 14.5. The van der Waals surface area contributed by atoms with Gasteiger partial charge in [0.25, 0.3) is 0 Å². The summed E-state index contributed by atoms with van der Waals surface area (Å²) in [6.07, 6.45) is 9.28. The molecule has 47 heavy (non-hydrogen) atoms. The third kappa shape index (κ3) is 5.01. The van der Waals surface area contributed by atoms with Crippen LogP contribution >= 0.6 is 0 Å². The molecule has 0 amide bonds. The Morgan fingerprint density at radius 1 is 0.915 bits per heavy atom. The van der Waals surface area contributed by atoms with Crippen molar-refractivity contribution < 1.29 is 42.9 Å². The second kappa shape index (κ2) is 11.2. The number of allylic oxidation sites excluding steroid dienone is 2. The Bertz CT molecular complexity index is 1550. The molecule has 0 spiro atoms. The molecule has 260 valence electrons. The van der Waals surface area contributed by atoms with Crippen LogP contribution in [-0.4, -0.2) is 40.6 Å². The number of esters is 1. The van der Waals surface area contributed by atoms with Crippen molar-refractivity contribution >= 4 is 17.7 Å². The number of rotatable bonds is 7. The number of fused-ring (bicyclic) bond motifs is 7. The lowest BCUT2D eigenvalue weighted by Crippen LogP contribution is -2.66. The topological polar surface area (TPSA) is 153 Å². The zero-order chi connectivity index (χ0) is 34.4. The maximum Gasteiger partial charge on any atom is 0.519 e. The minimum atomic E-state index is -0.971. The highest BCUT2D eigenvalue weighted by Crippen LogP contribution is 2.75. The SMILES string of the molecule is CC1(C)[C@@H](OCC(=O)OCc2oc(=O)oc2CO)CC[C@]2(C)[C@H]3C(=O)C=C4[C@@H]5C[C@@](C)(C(=O)O)CC[C@]5(C)CC[C@@]4(C)[C@]3(C)CC[C@@H]12. The average molecular weight is 657 g/mol. The lowest BCUT2D eigenvalue weighted by molar-refractivity contribution is -0.211. The molecule has 2 N–H and O–H groups in total. The van der Waals surface area contributed by atoms with Gasteiger partial charge in [-0.05, 0) is 110 Å². The molecule has 6 rings (SSSR count). The maximum atomic E-state index is 14.6. The van der Waals surface area contributed by atoms with Gasteiger partial charge in [-0.2, -0.15) is 0 Å². The summed E-state index contributed by atoms with van der Waals surface area (Å²) in [6, 6.07) is 0. The van der Waals surface area contributed by atoms with Crippen molar-refractivity contribution in [1.82, 2.24) is 0 Å². The van der Waals surface area contributed by atoms with E-state index in [9.17, 15) is 29.4 Å². The molecule has 0 saturated heterocycles. The van der Waals surface area contributed by atoms with Gasteiger partial charge in [-0.1, -0.05) is 47.1 Å². The maximum absolute atomic E-state index is 14.6. The van der Waals surface area contributed by atoms with Crippen molar-refractivity contribution in [3.05, 3.63) is 33.8 Å². The van der Waals surface area contributed by atoms with Crippen molar-refractivity contribution in [1.29, 1.82) is 0 Å². The summed E-state index contributed by atoms with van der Waals surface area (Å²) < 4.78 is 21.0. The molecule has 0 aliphatic heterocycles. The molecule has 0 unspecified atom stereocenters. The summed E-state index contributed by atoms with van der Waals surface area (Å²) in [5.74, 6) is -2.10. The molecule has 4 saturated carbocycles. The fraction of sp³-hybridized carbons (Fsp3) is 0.784. The minimum Gasteiger partial charge on any atom is -0.481 e. The molecule has 5 aliphatic carbocycles. The second-order valence-corrected chi connectivity index (χ2v) is 17.3. The van der Waals surface area contributed by atoms with Crippen molar-refractivity contribution in [2.45, 2.75) is 126 Å². The first-order valence-corrected chi connectivity index (χ1v) is 17.3. The number of ether oxygens (including phenoxy) is 2. The second-order valence-electron chi connectivity index (χ2n) is 17.3. The van der Waals surface area contributed by atoms with Crippen LogP contribution in [0.3, 0.4) is 0 Å². The number of aliphatic carboxylic acids is 1. The minimum absolute atomic E-state index is 0.0107. The zero-order valence-electron chi connectivity index (χ0n) is 29.0. The number of hydrogen-bond acceptors (Lipinski definition) is 9. The number of aliphatic hydroxyl groups is 1. The quantitative estimate of drug-likeness (QED) is 0.324. The number of carbonyl (C=O) groups excluding carboxylic acids is 2. The highest BCUT2D eigenvalue weighted by atomic mass is 16.6. The summed E-state index contributed by atoms with van der Waals surface area (Å²) >= 11 is 0. The van der Waals surface area contributed by atoms with Crippen molar-refractivity contribution in [3.63, 3.8) is 0 Å². The van der Waals surface area contributed by atoms with Gasteiger partial charge in [0.2, 0.25) is 0 Å². The van der Waals surface area contributed by atoms with Gasteiger partial charge < -0.3 is 28.5 Å². The zero-order valence-corrected chi connectivity index (χ0v) is 29.0. The molecular formula is C37H52O10. The molecule has 10 nitrogen and oxygen atoms in total. The lowest BCUT2D eigenvalue weighted by Gasteiger charge is -2.70. The van der Waals surface area contributed by atoms with Gasteiger partial charge in [0, 0.05) is 5.92 Å². The molecule has 1 aromatic heterocycles. The predicted molar refractivity (Wildman–Crippen MR) is 170 cm³/mol. The van der Waals surface area contributed by atoms with Gasteiger partial charge in [0.05, 0.1) is 11.5 Å². The van der Waals surface area contributed by atoms with E-state index in [4.69, 9.17) is 18.3 Å². The predicted octanol–water partition coefficient (Wildman–Crippen LogP) is 6.22. The molecule has 1 heterocycles. The number of aliphatic hydroxyl groups excluding tert-OH is 1. The van der Waals surface area contributed by atoms with E-state index in [1.165, 1.54) is 5.57 Å². The monoisotopic (exact) mass is 656 g/mol. The molecule has 0 aromatic carbocycles. The van der Waals surface area contributed by atoms with Crippen molar-refractivity contribution in [2.24, 2.45) is 50.2 Å². The van der Waals surface area contributed by atoms with Crippen molar-refractivity contribution in [2.75, 3.05) is 6.61 Å². The Labute approximate surface area is 276 Å². The number of carboxylic acids is 1. The van der Waals surface area contributed by atoms with Crippen LogP contribution in [0.4, 0.5) is 0 Å². The Morgan fingerprint density at radius 2 is 1.60 bits per heavy atom. The molecule has 0 bridgehead atoms. The normalized spacial score (nSPS) is 42.3. The van der Waals surface area contributed by atoms with Crippen LogP contribution in [-0.2, 0) is 37.1 Å². The van der Waals surface area contributed by atoms with Gasteiger partial charge in [-0.25, -0.2) is 9.59 Å². The molecule has 4 fully saturated rings. The average Bonchev–Trinajstić information content (AvgIpc) is 3.36. The van der Waals surface area contributed by atoms with Crippen LogP contribution in [0.15, 0.2) is 25.3 Å². The Kier molecular flexibility index (Phi) is 8.11. The highest BCUT2D eigenvalue weighted by molar-refractivity contribution is 5.95. The van der Waals surface area contributed by atoms with Gasteiger partial charge >= 0.3 is 17.8 Å². The smallest absolute Gasteiger partial charge is 0.481 e. The van der Waals surface area contributed by atoms with Gasteiger partial charge in [0.1, 0.15) is 13.2 Å². The molecule has 0 radical (unpaired) electrons. The van der Waals surface area contributed by atoms with E-state index < -0.39 is 29.8 Å². The van der Waals surface area contributed by atoms with Crippen molar-refractivity contribution in [3.8, 4) is 0 Å². The number of carbonyl (C=O) groups is 3. The fourth-order valence-corrected chi connectivity index (χ4v) is 11.6. The van der Waals surface area contributed by atoms with E-state index in [0.29, 0.717) is 19.3 Å². The molecule has 1 aromatic rings. The molecular weight excluding hydrogens is 604 g/mol. The van der Waals surface area contributed by atoms with E-state index >= 15 is 0 Å². The first-order chi connectivity index (χ1) is 21.8. The van der Waals surface area contributed by atoms with Gasteiger partial charge in [0.15, 0.2) is 23.9 Å². The van der Waals surface area contributed by atoms with Crippen LogP contribution in [0.2, 0.25) is 0 Å². The highest BCUT2D eigenvalue weighted by Gasteiger charge is 2.70. The first-order valence-electron chi connectivity index (χ1n) is 17.3. The van der Waals surface area contributed by atoms with Crippen LogP contribution in [0, 0.1) is 50.2 Å². The van der Waals surface area contributed by atoms with E-state index in [1.807, 2.05) is 13.0 Å². The summed E-state index contributed by atoms with van der Waals surface area (Å²) in [7, 11) is 0. The number of hydrogen-bond donors (Lipinski definition) is 2. The first kappa shape index (κ1) is 34.2. The molecule has 9 atom stereocenters. The third-order valence-corrected chi connectivity index (χ3v) is 14.7. The Morgan fingerprint density at radius 3 is 2.28 bits per heavy atom. The summed E-state index contributed by atoms with van der Waals surface area (Å²) in [5.41, 5.74) is -0.580.